The molecule has 1 N–H and O–H groups in total. The maximum atomic E-state index is 5.60. The lowest BCUT2D eigenvalue weighted by atomic mass is 9.97. The number of nitrogens with one attached hydrogen (secondary N) is 1. The second-order valence-corrected chi connectivity index (χ2v) is 4.99. The summed E-state index contributed by atoms with van der Waals surface area (Å²) in [5.41, 5.74) is 5.22. The number of aryl methyl sites for hydroxylation is 2. The molecule has 0 aliphatic rings. The Morgan fingerprint density at radius 3 is 2.44 bits per heavy atom. The highest BCUT2D eigenvalue weighted by atomic mass is 16.5. The Kier molecular flexibility index (Phi) is 5.63. The predicted octanol–water partition coefficient (Wildman–Crippen LogP) is 2.27. The highest BCUT2D eigenvalue weighted by Gasteiger charge is 2.12. The summed E-state index contributed by atoms with van der Waals surface area (Å²) in [6.45, 7) is 8.38. The molecule has 1 aromatic carbocycles. The second kappa shape index (κ2) is 6.76. The van der Waals surface area contributed by atoms with Crippen LogP contribution in [0.5, 0.6) is 5.75 Å². The Balaban J connectivity index is 2.91. The van der Waals surface area contributed by atoms with E-state index in [4.69, 9.17) is 4.74 Å². The largest absolute Gasteiger partial charge is 0.496 e. The lowest BCUT2D eigenvalue weighted by molar-refractivity contribution is 0.318. The van der Waals surface area contributed by atoms with Crippen LogP contribution in [0, 0.1) is 20.8 Å². The molecule has 3 heteroatoms. The summed E-state index contributed by atoms with van der Waals surface area (Å²) in [4.78, 5) is 2.27. The first-order valence-electron chi connectivity index (χ1n) is 6.48. The van der Waals surface area contributed by atoms with Crippen molar-refractivity contribution < 1.29 is 4.74 Å². The summed E-state index contributed by atoms with van der Waals surface area (Å²) in [5.74, 6) is 1.06. The summed E-state index contributed by atoms with van der Waals surface area (Å²) in [7, 11) is 5.86. The zero-order chi connectivity index (χ0) is 13.7. The van der Waals surface area contributed by atoms with Crippen LogP contribution >= 0.6 is 0 Å². The van der Waals surface area contributed by atoms with E-state index in [-0.39, 0.29) is 0 Å². The Bertz CT molecular complexity index is 402. The summed E-state index contributed by atoms with van der Waals surface area (Å²) < 4.78 is 5.60. The van der Waals surface area contributed by atoms with Gasteiger partial charge in [-0.2, -0.15) is 0 Å². The van der Waals surface area contributed by atoms with Gasteiger partial charge < -0.3 is 10.1 Å². The standard InChI is InChI=1S/C15H26N2O/c1-11-9-12(2)14(15(18-6)13(11)3)7-8-17(5)10-16-4/h9,16H,7-8,10H2,1-6H3. The number of rotatable bonds is 6. The fourth-order valence-corrected chi connectivity index (χ4v) is 2.34. The van der Waals surface area contributed by atoms with E-state index in [1.807, 2.05) is 7.05 Å². The number of methoxy groups -OCH3 is 1. The SMILES string of the molecule is CNCN(C)CCc1c(C)cc(C)c(C)c1OC. The van der Waals surface area contributed by atoms with Gasteiger partial charge in [0.15, 0.2) is 0 Å². The van der Waals surface area contributed by atoms with E-state index < -0.39 is 0 Å². The Morgan fingerprint density at radius 1 is 1.22 bits per heavy atom. The third-order valence-corrected chi connectivity index (χ3v) is 3.49. The molecule has 0 fully saturated rings. The molecule has 0 aliphatic heterocycles. The minimum atomic E-state index is 0.909. The molecule has 1 aromatic rings. The zero-order valence-corrected chi connectivity index (χ0v) is 12.6. The molecule has 1 rings (SSSR count). The van der Waals surface area contributed by atoms with Crippen LogP contribution in [-0.2, 0) is 6.42 Å². The van der Waals surface area contributed by atoms with Gasteiger partial charge in [0.1, 0.15) is 5.75 Å². The first kappa shape index (κ1) is 15.0. The van der Waals surface area contributed by atoms with Gasteiger partial charge in [-0.25, -0.2) is 0 Å². The van der Waals surface area contributed by atoms with Gasteiger partial charge in [-0.1, -0.05) is 6.07 Å². The van der Waals surface area contributed by atoms with Crippen molar-refractivity contribution in [3.05, 3.63) is 28.3 Å². The van der Waals surface area contributed by atoms with Gasteiger partial charge in [0.25, 0.3) is 0 Å². The first-order chi connectivity index (χ1) is 8.51. The molecule has 0 heterocycles. The highest BCUT2D eigenvalue weighted by Crippen LogP contribution is 2.29. The third-order valence-electron chi connectivity index (χ3n) is 3.49. The number of hydrogen-bond donors (Lipinski definition) is 1. The number of hydrogen-bond acceptors (Lipinski definition) is 3. The highest BCUT2D eigenvalue weighted by molar-refractivity contribution is 5.49. The lowest BCUT2D eigenvalue weighted by Gasteiger charge is -2.20. The van der Waals surface area contributed by atoms with E-state index in [0.717, 1.165) is 25.4 Å². The van der Waals surface area contributed by atoms with Gasteiger partial charge in [-0.3, -0.25) is 4.90 Å². The molecule has 0 radical (unpaired) electrons. The fourth-order valence-electron chi connectivity index (χ4n) is 2.34. The van der Waals surface area contributed by atoms with Gasteiger partial charge in [0.05, 0.1) is 7.11 Å². The van der Waals surface area contributed by atoms with Crippen molar-refractivity contribution in [1.29, 1.82) is 0 Å². The summed E-state index contributed by atoms with van der Waals surface area (Å²) in [6.07, 6.45) is 1.02. The molecule has 0 spiro atoms. The van der Waals surface area contributed by atoms with Crippen molar-refractivity contribution in [3.63, 3.8) is 0 Å². The number of likely N-dealkylation sites (N-methyl/N-ethyl adjacent to an activating group) is 1. The smallest absolute Gasteiger partial charge is 0.125 e. The fraction of sp³-hybridized carbons (Fsp3) is 0.600. The monoisotopic (exact) mass is 250 g/mol. The maximum absolute atomic E-state index is 5.60. The van der Waals surface area contributed by atoms with Crippen molar-refractivity contribution in [1.82, 2.24) is 10.2 Å². The minimum Gasteiger partial charge on any atom is -0.496 e. The van der Waals surface area contributed by atoms with Crippen LogP contribution in [0.15, 0.2) is 6.07 Å². The molecule has 18 heavy (non-hydrogen) atoms. The molecule has 0 amide bonds. The second-order valence-electron chi connectivity index (χ2n) is 4.99. The number of nitrogens with zero attached hydrogens (tertiary/aromatic N) is 1. The minimum absolute atomic E-state index is 0.909. The molecule has 0 aliphatic carbocycles. The third kappa shape index (κ3) is 3.47. The number of benzene rings is 1. The molecule has 0 saturated heterocycles. The number of ether oxygens (including phenoxy) is 1. The zero-order valence-electron chi connectivity index (χ0n) is 12.6. The molecule has 102 valence electrons. The van der Waals surface area contributed by atoms with Gasteiger partial charge in [-0.05, 0) is 63.5 Å². The van der Waals surface area contributed by atoms with Crippen molar-refractivity contribution >= 4 is 0 Å². The van der Waals surface area contributed by atoms with Crippen molar-refractivity contribution in [3.8, 4) is 5.75 Å². The predicted molar refractivity (Wildman–Crippen MR) is 77.5 cm³/mol. The van der Waals surface area contributed by atoms with Gasteiger partial charge in [0.2, 0.25) is 0 Å². The van der Waals surface area contributed by atoms with Crippen LogP contribution in [0.2, 0.25) is 0 Å². The van der Waals surface area contributed by atoms with E-state index in [0.29, 0.717) is 0 Å². The van der Waals surface area contributed by atoms with E-state index >= 15 is 0 Å². The average molecular weight is 250 g/mol. The quantitative estimate of drug-likeness (QED) is 0.784. The molecule has 3 nitrogen and oxygen atoms in total. The van der Waals surface area contributed by atoms with Crippen molar-refractivity contribution in [2.75, 3.05) is 34.4 Å². The summed E-state index contributed by atoms with van der Waals surface area (Å²) in [5, 5.41) is 3.16. The maximum Gasteiger partial charge on any atom is 0.125 e. The first-order valence-corrected chi connectivity index (χ1v) is 6.48. The Hall–Kier alpha value is -1.06. The molecular weight excluding hydrogens is 224 g/mol. The summed E-state index contributed by atoms with van der Waals surface area (Å²) in [6, 6.07) is 2.26. The van der Waals surface area contributed by atoms with Crippen LogP contribution in [0.3, 0.4) is 0 Å². The average Bonchev–Trinajstić information content (AvgIpc) is 2.32. The Labute approximate surface area is 111 Å². The van der Waals surface area contributed by atoms with Crippen LogP contribution in [0.1, 0.15) is 22.3 Å². The molecule has 0 aromatic heterocycles. The van der Waals surface area contributed by atoms with Gasteiger partial charge in [-0.15, -0.1) is 0 Å². The van der Waals surface area contributed by atoms with E-state index in [2.05, 4.69) is 44.1 Å². The van der Waals surface area contributed by atoms with E-state index in [1.165, 1.54) is 22.3 Å². The summed E-state index contributed by atoms with van der Waals surface area (Å²) >= 11 is 0. The van der Waals surface area contributed by atoms with Crippen LogP contribution < -0.4 is 10.1 Å². The van der Waals surface area contributed by atoms with Crippen LogP contribution in [0.4, 0.5) is 0 Å². The van der Waals surface area contributed by atoms with Gasteiger partial charge >= 0.3 is 0 Å². The molecule has 0 atom stereocenters. The van der Waals surface area contributed by atoms with Gasteiger partial charge in [0, 0.05) is 13.2 Å². The van der Waals surface area contributed by atoms with Crippen molar-refractivity contribution in [2.24, 2.45) is 0 Å². The Morgan fingerprint density at radius 2 is 1.89 bits per heavy atom. The van der Waals surface area contributed by atoms with Crippen LogP contribution in [0.25, 0.3) is 0 Å². The topological polar surface area (TPSA) is 24.5 Å². The van der Waals surface area contributed by atoms with E-state index in [1.54, 1.807) is 7.11 Å². The molecular formula is C15H26N2O. The van der Waals surface area contributed by atoms with E-state index in [9.17, 15) is 0 Å². The van der Waals surface area contributed by atoms with Crippen LogP contribution in [-0.4, -0.2) is 39.3 Å². The normalized spacial score (nSPS) is 11.1. The molecule has 0 bridgehead atoms. The molecule has 0 saturated carbocycles. The lowest BCUT2D eigenvalue weighted by Crippen LogP contribution is -2.30. The molecule has 0 unspecified atom stereocenters. The van der Waals surface area contributed by atoms with Crippen molar-refractivity contribution in [2.45, 2.75) is 27.2 Å².